The number of pyridine rings is 2. The van der Waals surface area contributed by atoms with Crippen LogP contribution >= 0.6 is 0 Å². The van der Waals surface area contributed by atoms with Crippen molar-refractivity contribution in [2.75, 3.05) is 0 Å². The monoisotopic (exact) mass is 469 g/mol. The Balaban J connectivity index is 1.38. The molecule has 0 bridgehead atoms. The first-order valence-corrected chi connectivity index (χ1v) is 11.5. The molecule has 7 nitrogen and oxygen atoms in total. The second kappa shape index (κ2) is 7.95. The van der Waals surface area contributed by atoms with Gasteiger partial charge in [0.05, 0.1) is 16.6 Å². The molecule has 0 saturated heterocycles. The normalized spacial score (nSPS) is 11.4. The Morgan fingerprint density at radius 3 is 2.47 bits per heavy atom. The average molecular weight is 470 g/mol. The summed E-state index contributed by atoms with van der Waals surface area (Å²) in [5.41, 5.74) is 5.09. The highest BCUT2D eigenvalue weighted by atomic mass is 16.5. The fourth-order valence-corrected chi connectivity index (χ4v) is 4.58. The lowest BCUT2D eigenvalue weighted by molar-refractivity contribution is 0.464. The predicted molar refractivity (Wildman–Crippen MR) is 139 cm³/mol. The largest absolute Gasteiger partial charge is 0.507 e. The van der Waals surface area contributed by atoms with E-state index in [0.717, 1.165) is 39.3 Å². The molecule has 0 unspecified atom stereocenters. The first kappa shape index (κ1) is 20.2. The quantitative estimate of drug-likeness (QED) is 0.323. The van der Waals surface area contributed by atoms with Crippen molar-refractivity contribution in [3.8, 4) is 34.3 Å². The summed E-state index contributed by atoms with van der Waals surface area (Å²) >= 11 is 0. The third kappa shape index (κ3) is 3.18. The molecule has 0 aliphatic rings. The number of ether oxygens (including phenoxy) is 1. The molecule has 0 spiro atoms. The Labute approximate surface area is 205 Å². The van der Waals surface area contributed by atoms with Crippen LogP contribution in [0.4, 0.5) is 0 Å². The lowest BCUT2D eigenvalue weighted by Gasteiger charge is -2.09. The zero-order valence-electron chi connectivity index (χ0n) is 19.0. The molecule has 7 heteroatoms. The van der Waals surface area contributed by atoms with Crippen LogP contribution in [0.5, 0.6) is 17.4 Å². The molecule has 0 aliphatic carbocycles. The Hall–Kier alpha value is -5.17. The molecule has 172 valence electrons. The van der Waals surface area contributed by atoms with Crippen molar-refractivity contribution in [2.24, 2.45) is 0 Å². The summed E-state index contributed by atoms with van der Waals surface area (Å²) in [6.45, 7) is 0. The van der Waals surface area contributed by atoms with Crippen LogP contribution < -0.4 is 4.74 Å². The van der Waals surface area contributed by atoms with Gasteiger partial charge in [0.1, 0.15) is 17.3 Å². The van der Waals surface area contributed by atoms with Gasteiger partial charge in [0.2, 0.25) is 11.7 Å². The van der Waals surface area contributed by atoms with Gasteiger partial charge in [0.15, 0.2) is 5.65 Å². The molecule has 1 N–H and O–H groups in total. The Morgan fingerprint density at radius 1 is 0.722 bits per heavy atom. The van der Waals surface area contributed by atoms with Crippen molar-refractivity contribution in [3.05, 3.63) is 109 Å². The molecular formula is C29H19N5O2. The first-order chi connectivity index (χ1) is 17.8. The van der Waals surface area contributed by atoms with Gasteiger partial charge in [-0.1, -0.05) is 48.5 Å². The van der Waals surface area contributed by atoms with E-state index >= 15 is 0 Å². The lowest BCUT2D eigenvalue weighted by Crippen LogP contribution is -1.99. The van der Waals surface area contributed by atoms with E-state index < -0.39 is 0 Å². The maximum absolute atomic E-state index is 10.3. The van der Waals surface area contributed by atoms with E-state index in [4.69, 9.17) is 14.7 Å². The van der Waals surface area contributed by atoms with Gasteiger partial charge in [-0.2, -0.15) is 4.98 Å². The SMILES string of the molecule is Oc1ccccc1-c1cccc(Oc2ccc3c(n2)n(-c2ccccn2)c2nc4ccccc4n32)c1. The van der Waals surface area contributed by atoms with Crippen molar-refractivity contribution in [1.29, 1.82) is 0 Å². The molecule has 0 radical (unpaired) electrons. The number of phenols is 1. The average Bonchev–Trinajstić information content (AvgIpc) is 3.44. The van der Waals surface area contributed by atoms with Gasteiger partial charge in [-0.15, -0.1) is 0 Å². The standard InChI is InChI=1S/C29H19N5O2/c35-25-13-4-1-10-21(25)19-8-7-9-20(18-19)36-27-16-15-24-28(32-27)34(26-14-5-6-17-30-26)29-31-22-11-2-3-12-23(22)33(24)29/h1-18,35H. The highest BCUT2D eigenvalue weighted by molar-refractivity contribution is 5.90. The molecule has 3 aromatic carbocycles. The number of aromatic hydroxyl groups is 1. The number of nitrogens with zero attached hydrogens (tertiary/aromatic N) is 5. The molecule has 7 rings (SSSR count). The molecule has 0 amide bonds. The summed E-state index contributed by atoms with van der Waals surface area (Å²) in [6.07, 6.45) is 1.76. The summed E-state index contributed by atoms with van der Waals surface area (Å²) in [6, 6.07) is 32.5. The van der Waals surface area contributed by atoms with Crippen LogP contribution in [0.2, 0.25) is 0 Å². The minimum absolute atomic E-state index is 0.220. The van der Waals surface area contributed by atoms with E-state index in [2.05, 4.69) is 9.38 Å². The van der Waals surface area contributed by atoms with Gasteiger partial charge in [0, 0.05) is 17.8 Å². The van der Waals surface area contributed by atoms with Gasteiger partial charge in [0.25, 0.3) is 0 Å². The summed E-state index contributed by atoms with van der Waals surface area (Å²) < 4.78 is 10.2. The topological polar surface area (TPSA) is 77.5 Å². The third-order valence-electron chi connectivity index (χ3n) is 6.17. The van der Waals surface area contributed by atoms with Crippen LogP contribution in [0.25, 0.3) is 44.9 Å². The Morgan fingerprint density at radius 2 is 1.58 bits per heavy atom. The van der Waals surface area contributed by atoms with Crippen molar-refractivity contribution in [2.45, 2.75) is 0 Å². The van der Waals surface area contributed by atoms with E-state index in [1.165, 1.54) is 0 Å². The second-order valence-corrected chi connectivity index (χ2v) is 8.40. The first-order valence-electron chi connectivity index (χ1n) is 11.5. The number of benzene rings is 3. The summed E-state index contributed by atoms with van der Waals surface area (Å²) in [5.74, 6) is 2.74. The maximum atomic E-state index is 10.3. The maximum Gasteiger partial charge on any atom is 0.223 e. The van der Waals surface area contributed by atoms with Gasteiger partial charge in [-0.05, 0) is 54.1 Å². The molecule has 7 aromatic rings. The number of fused-ring (bicyclic) bond motifs is 5. The van der Waals surface area contributed by atoms with Crippen molar-refractivity contribution in [1.82, 2.24) is 23.9 Å². The van der Waals surface area contributed by atoms with Gasteiger partial charge < -0.3 is 9.84 Å². The predicted octanol–water partition coefficient (Wildman–Crippen LogP) is 6.39. The summed E-state index contributed by atoms with van der Waals surface area (Å²) in [4.78, 5) is 14.3. The molecule has 4 aromatic heterocycles. The molecule has 0 aliphatic heterocycles. The minimum atomic E-state index is 0.220. The zero-order chi connectivity index (χ0) is 24.1. The molecule has 0 atom stereocenters. The summed E-state index contributed by atoms with van der Waals surface area (Å²) in [5, 5.41) is 10.3. The summed E-state index contributed by atoms with van der Waals surface area (Å²) in [7, 11) is 0. The van der Waals surface area contributed by atoms with Crippen LogP contribution in [0.3, 0.4) is 0 Å². The minimum Gasteiger partial charge on any atom is -0.507 e. The number of imidazole rings is 2. The fraction of sp³-hybridized carbons (Fsp3) is 0. The zero-order valence-corrected chi connectivity index (χ0v) is 19.0. The van der Waals surface area contributed by atoms with Gasteiger partial charge >= 0.3 is 0 Å². The number of hydrogen-bond donors (Lipinski definition) is 1. The number of hydrogen-bond acceptors (Lipinski definition) is 5. The van der Waals surface area contributed by atoms with Crippen LogP contribution in [0.1, 0.15) is 0 Å². The number of para-hydroxylation sites is 3. The smallest absolute Gasteiger partial charge is 0.223 e. The van der Waals surface area contributed by atoms with E-state index in [9.17, 15) is 5.11 Å². The highest BCUT2D eigenvalue weighted by Gasteiger charge is 2.19. The van der Waals surface area contributed by atoms with E-state index in [0.29, 0.717) is 17.3 Å². The molecule has 0 fully saturated rings. The van der Waals surface area contributed by atoms with Crippen LogP contribution in [-0.2, 0) is 0 Å². The second-order valence-electron chi connectivity index (χ2n) is 8.40. The van der Waals surface area contributed by atoms with E-state index in [1.54, 1.807) is 18.3 Å². The Kier molecular flexibility index (Phi) is 4.47. The molecule has 0 saturated carbocycles. The van der Waals surface area contributed by atoms with Gasteiger partial charge in [-0.25, -0.2) is 14.5 Å². The van der Waals surface area contributed by atoms with Crippen molar-refractivity contribution in [3.63, 3.8) is 0 Å². The van der Waals surface area contributed by atoms with Gasteiger partial charge in [-0.3, -0.25) is 4.40 Å². The van der Waals surface area contributed by atoms with Crippen LogP contribution in [0, 0.1) is 0 Å². The number of aromatic nitrogens is 5. The van der Waals surface area contributed by atoms with E-state index in [1.807, 2.05) is 95.6 Å². The van der Waals surface area contributed by atoms with Crippen LogP contribution in [-0.4, -0.2) is 29.0 Å². The number of phenolic OH excluding ortho intramolecular Hbond substituents is 1. The Bertz CT molecular complexity index is 1890. The van der Waals surface area contributed by atoms with Crippen molar-refractivity contribution >= 4 is 28.0 Å². The van der Waals surface area contributed by atoms with Crippen LogP contribution in [0.15, 0.2) is 109 Å². The fourth-order valence-electron chi connectivity index (χ4n) is 4.58. The van der Waals surface area contributed by atoms with Crippen molar-refractivity contribution < 1.29 is 9.84 Å². The molecule has 4 heterocycles. The number of rotatable bonds is 4. The molecule has 36 heavy (non-hydrogen) atoms. The highest BCUT2D eigenvalue weighted by Crippen LogP contribution is 2.33. The lowest BCUT2D eigenvalue weighted by atomic mass is 10.0. The molecular weight excluding hydrogens is 450 g/mol. The third-order valence-corrected chi connectivity index (χ3v) is 6.17. The van der Waals surface area contributed by atoms with E-state index in [-0.39, 0.29) is 5.75 Å².